The molecule has 1 rings (SSSR count). The fourth-order valence-corrected chi connectivity index (χ4v) is 2.52. The van der Waals surface area contributed by atoms with Crippen LogP contribution in [0, 0.1) is 0 Å². The van der Waals surface area contributed by atoms with Gasteiger partial charge in [-0.25, -0.2) is 0 Å². The van der Waals surface area contributed by atoms with Gasteiger partial charge in [0, 0.05) is 12.6 Å². The summed E-state index contributed by atoms with van der Waals surface area (Å²) >= 11 is 0. The summed E-state index contributed by atoms with van der Waals surface area (Å²) < 4.78 is 39.4. The molecule has 0 radical (unpaired) electrons. The Bertz CT molecular complexity index is 398. The zero-order valence-corrected chi connectivity index (χ0v) is 12.1. The van der Waals surface area contributed by atoms with Crippen molar-refractivity contribution < 1.29 is 13.2 Å². The number of alkyl halides is 3. The van der Waals surface area contributed by atoms with E-state index in [9.17, 15) is 13.2 Å². The Labute approximate surface area is 118 Å². The highest BCUT2D eigenvalue weighted by molar-refractivity contribution is 5.32. The van der Waals surface area contributed by atoms with E-state index >= 15 is 0 Å². The first-order chi connectivity index (χ1) is 9.45. The Hall–Kier alpha value is -1.07. The summed E-state index contributed by atoms with van der Waals surface area (Å²) in [5, 5.41) is 0. The molecular formula is C15H23F3N2. The highest BCUT2D eigenvalue weighted by Gasteiger charge is 2.35. The average molecular weight is 288 g/mol. The van der Waals surface area contributed by atoms with E-state index < -0.39 is 11.7 Å². The average Bonchev–Trinajstić information content (AvgIpc) is 2.39. The smallest absolute Gasteiger partial charge is 0.329 e. The molecule has 0 spiro atoms. The lowest BCUT2D eigenvalue weighted by atomic mass is 9.98. The van der Waals surface area contributed by atoms with Gasteiger partial charge in [0.15, 0.2) is 0 Å². The molecule has 2 N–H and O–H groups in total. The zero-order valence-electron chi connectivity index (χ0n) is 12.1. The minimum Gasteiger partial charge on any atom is -0.329 e. The van der Waals surface area contributed by atoms with Crippen molar-refractivity contribution in [1.82, 2.24) is 4.90 Å². The van der Waals surface area contributed by atoms with Crippen LogP contribution in [0.4, 0.5) is 13.2 Å². The van der Waals surface area contributed by atoms with Crippen LogP contribution in [0.3, 0.4) is 0 Å². The van der Waals surface area contributed by atoms with E-state index in [-0.39, 0.29) is 18.2 Å². The molecule has 2 nitrogen and oxygen atoms in total. The molecule has 1 atom stereocenters. The molecule has 0 bridgehead atoms. The lowest BCUT2D eigenvalue weighted by Crippen LogP contribution is -2.36. The minimum absolute atomic E-state index is 0.188. The van der Waals surface area contributed by atoms with Crippen LogP contribution in [-0.2, 0) is 6.18 Å². The molecule has 5 heteroatoms. The summed E-state index contributed by atoms with van der Waals surface area (Å²) in [6.45, 7) is 5.73. The Kier molecular flexibility index (Phi) is 6.49. The predicted molar refractivity (Wildman–Crippen MR) is 75.4 cm³/mol. The third kappa shape index (κ3) is 4.21. The van der Waals surface area contributed by atoms with Crippen LogP contribution in [-0.4, -0.2) is 24.5 Å². The summed E-state index contributed by atoms with van der Waals surface area (Å²) in [6.07, 6.45) is -2.55. The van der Waals surface area contributed by atoms with Crippen LogP contribution in [0.2, 0.25) is 0 Å². The first-order valence-electron chi connectivity index (χ1n) is 7.05. The summed E-state index contributed by atoms with van der Waals surface area (Å²) in [5.41, 5.74) is 5.48. The van der Waals surface area contributed by atoms with Gasteiger partial charge in [-0.1, -0.05) is 32.0 Å². The van der Waals surface area contributed by atoms with Gasteiger partial charge in [-0.3, -0.25) is 4.90 Å². The second kappa shape index (κ2) is 7.64. The molecule has 0 aliphatic carbocycles. The second-order valence-corrected chi connectivity index (χ2v) is 4.87. The van der Waals surface area contributed by atoms with Crippen molar-refractivity contribution in [2.45, 2.75) is 38.9 Å². The Morgan fingerprint density at radius 1 is 1.10 bits per heavy atom. The van der Waals surface area contributed by atoms with Crippen LogP contribution in [0.5, 0.6) is 0 Å². The number of nitrogens with two attached hydrogens (primary N) is 1. The van der Waals surface area contributed by atoms with E-state index in [2.05, 4.69) is 0 Å². The monoisotopic (exact) mass is 288 g/mol. The minimum atomic E-state index is -4.34. The number of rotatable bonds is 7. The zero-order chi connectivity index (χ0) is 15.2. The largest absolute Gasteiger partial charge is 0.416 e. The molecule has 1 aromatic rings. The van der Waals surface area contributed by atoms with Crippen LogP contribution < -0.4 is 5.73 Å². The van der Waals surface area contributed by atoms with E-state index in [1.54, 1.807) is 12.1 Å². The summed E-state index contributed by atoms with van der Waals surface area (Å²) in [5.74, 6) is 0. The van der Waals surface area contributed by atoms with Gasteiger partial charge in [0.25, 0.3) is 0 Å². The predicted octanol–water partition coefficient (Wildman–Crippen LogP) is 3.83. The second-order valence-electron chi connectivity index (χ2n) is 4.87. The molecule has 0 aliphatic rings. The van der Waals surface area contributed by atoms with E-state index in [0.29, 0.717) is 0 Å². The molecule has 20 heavy (non-hydrogen) atoms. The van der Waals surface area contributed by atoms with Gasteiger partial charge in [-0.15, -0.1) is 0 Å². The number of hydrogen-bond acceptors (Lipinski definition) is 2. The molecule has 0 saturated carbocycles. The fourth-order valence-electron chi connectivity index (χ4n) is 2.52. The first-order valence-corrected chi connectivity index (χ1v) is 7.05. The van der Waals surface area contributed by atoms with Crippen LogP contribution >= 0.6 is 0 Å². The molecule has 0 heterocycles. The summed E-state index contributed by atoms with van der Waals surface area (Å²) in [4.78, 5) is 2.05. The van der Waals surface area contributed by atoms with E-state index in [1.165, 1.54) is 6.07 Å². The molecule has 114 valence electrons. The molecule has 1 unspecified atom stereocenters. The normalized spacial score (nSPS) is 13.8. The standard InChI is InChI=1S/C15H23F3N2/c1-3-9-20(10-4-2)14(11-19)12-7-5-6-8-13(12)15(16,17)18/h5-8,14H,3-4,9-11,19H2,1-2H3. The lowest BCUT2D eigenvalue weighted by Gasteiger charge is -2.32. The molecule has 0 aromatic heterocycles. The Balaban J connectivity index is 3.17. The van der Waals surface area contributed by atoms with Gasteiger partial charge in [-0.2, -0.15) is 13.2 Å². The Morgan fingerprint density at radius 2 is 1.65 bits per heavy atom. The van der Waals surface area contributed by atoms with Gasteiger partial charge >= 0.3 is 6.18 Å². The molecule has 0 saturated heterocycles. The van der Waals surface area contributed by atoms with Crippen molar-refractivity contribution in [2.75, 3.05) is 19.6 Å². The van der Waals surface area contributed by atoms with Crippen molar-refractivity contribution >= 4 is 0 Å². The van der Waals surface area contributed by atoms with Gasteiger partial charge in [-0.05, 0) is 37.6 Å². The van der Waals surface area contributed by atoms with Crippen molar-refractivity contribution in [3.63, 3.8) is 0 Å². The quantitative estimate of drug-likeness (QED) is 0.826. The molecule has 0 aliphatic heterocycles. The number of benzene rings is 1. The SMILES string of the molecule is CCCN(CCC)C(CN)c1ccccc1C(F)(F)F. The van der Waals surface area contributed by atoms with E-state index in [1.807, 2.05) is 18.7 Å². The van der Waals surface area contributed by atoms with Crippen molar-refractivity contribution in [3.8, 4) is 0 Å². The molecule has 0 amide bonds. The topological polar surface area (TPSA) is 29.3 Å². The third-order valence-corrected chi connectivity index (χ3v) is 3.31. The van der Waals surface area contributed by atoms with Crippen molar-refractivity contribution in [1.29, 1.82) is 0 Å². The number of hydrogen-bond donors (Lipinski definition) is 1. The number of nitrogens with zero attached hydrogens (tertiary/aromatic N) is 1. The first kappa shape index (κ1) is 17.0. The maximum absolute atomic E-state index is 13.1. The van der Waals surface area contributed by atoms with Crippen LogP contribution in [0.1, 0.15) is 43.9 Å². The van der Waals surface area contributed by atoms with Gasteiger partial charge in [0.2, 0.25) is 0 Å². The molecule has 1 aromatic carbocycles. The van der Waals surface area contributed by atoms with Gasteiger partial charge in [0.1, 0.15) is 0 Å². The van der Waals surface area contributed by atoms with Gasteiger partial charge in [0.05, 0.1) is 5.56 Å². The number of halogens is 3. The summed E-state index contributed by atoms with van der Waals surface area (Å²) in [7, 11) is 0. The van der Waals surface area contributed by atoms with Gasteiger partial charge < -0.3 is 5.73 Å². The fraction of sp³-hybridized carbons (Fsp3) is 0.600. The molecule has 0 fully saturated rings. The van der Waals surface area contributed by atoms with Crippen molar-refractivity contribution in [2.24, 2.45) is 5.73 Å². The maximum atomic E-state index is 13.1. The van der Waals surface area contributed by atoms with Crippen molar-refractivity contribution in [3.05, 3.63) is 35.4 Å². The van der Waals surface area contributed by atoms with E-state index in [0.717, 1.165) is 32.0 Å². The highest BCUT2D eigenvalue weighted by Crippen LogP contribution is 2.36. The lowest BCUT2D eigenvalue weighted by molar-refractivity contribution is -0.138. The van der Waals surface area contributed by atoms with E-state index in [4.69, 9.17) is 5.73 Å². The van der Waals surface area contributed by atoms with Crippen LogP contribution in [0.15, 0.2) is 24.3 Å². The van der Waals surface area contributed by atoms with Crippen LogP contribution in [0.25, 0.3) is 0 Å². The third-order valence-electron chi connectivity index (χ3n) is 3.31. The molecular weight excluding hydrogens is 265 g/mol. The maximum Gasteiger partial charge on any atom is 0.416 e. The highest BCUT2D eigenvalue weighted by atomic mass is 19.4. The Morgan fingerprint density at radius 3 is 2.10 bits per heavy atom. The summed E-state index contributed by atoms with van der Waals surface area (Å²) in [6, 6.07) is 5.35.